The van der Waals surface area contributed by atoms with Crippen molar-refractivity contribution in [1.82, 2.24) is 29.4 Å². The van der Waals surface area contributed by atoms with Crippen molar-refractivity contribution in [3.05, 3.63) is 28.3 Å². The smallest absolute Gasteiger partial charge is 0.199 e. The van der Waals surface area contributed by atoms with E-state index in [9.17, 15) is 0 Å². The molecular weight excluding hydrogens is 264 g/mol. The molecule has 0 N–H and O–H groups in total. The van der Waals surface area contributed by atoms with E-state index < -0.39 is 0 Å². The molecule has 6 nitrogen and oxygen atoms in total. The minimum absolute atomic E-state index is 0.362. The second kappa shape index (κ2) is 4.03. The summed E-state index contributed by atoms with van der Waals surface area (Å²) in [6.07, 6.45) is 0. The summed E-state index contributed by atoms with van der Waals surface area (Å²) in [6.45, 7) is 5.83. The van der Waals surface area contributed by atoms with Crippen molar-refractivity contribution in [2.24, 2.45) is 7.05 Å². The first kappa shape index (κ1) is 12.1. The Morgan fingerprint density at radius 2 is 1.89 bits per heavy atom. The molecule has 0 amide bonds. The molecule has 0 saturated carbocycles. The Kier molecular flexibility index (Phi) is 2.56. The van der Waals surface area contributed by atoms with Crippen molar-refractivity contribution >= 4 is 17.2 Å². The Hall–Kier alpha value is -1.95. The van der Waals surface area contributed by atoms with Crippen LogP contribution in [0.25, 0.3) is 17.2 Å². The molecule has 0 aromatic carbocycles. The van der Waals surface area contributed by atoms with E-state index in [0.29, 0.717) is 10.8 Å². The van der Waals surface area contributed by atoms with Gasteiger partial charge in [0.25, 0.3) is 0 Å². The lowest BCUT2D eigenvalue weighted by Crippen LogP contribution is -2.03. The Balaban J connectivity index is 2.40. The highest BCUT2D eigenvalue weighted by molar-refractivity contribution is 6.32. The van der Waals surface area contributed by atoms with Gasteiger partial charge in [0, 0.05) is 12.7 Å². The summed E-state index contributed by atoms with van der Waals surface area (Å²) in [5.41, 5.74) is 4.23. The Morgan fingerprint density at radius 1 is 1.16 bits per heavy atom. The highest BCUT2D eigenvalue weighted by Gasteiger charge is 2.17. The maximum atomic E-state index is 6.12. The Bertz CT molecular complexity index is 785. The molecule has 98 valence electrons. The van der Waals surface area contributed by atoms with Crippen molar-refractivity contribution in [2.75, 3.05) is 0 Å². The van der Waals surface area contributed by atoms with Crippen LogP contribution in [0.15, 0.2) is 6.07 Å². The van der Waals surface area contributed by atoms with Crippen LogP contribution >= 0.6 is 11.6 Å². The number of hydrogen-bond donors (Lipinski definition) is 0. The third-order valence-electron chi connectivity index (χ3n) is 3.20. The Morgan fingerprint density at radius 3 is 2.53 bits per heavy atom. The summed E-state index contributed by atoms with van der Waals surface area (Å²) >= 11 is 6.12. The quantitative estimate of drug-likeness (QED) is 0.683. The van der Waals surface area contributed by atoms with Gasteiger partial charge in [-0.05, 0) is 26.8 Å². The largest absolute Gasteiger partial charge is 0.274 e. The molecular formula is C12H13ClN6. The Labute approximate surface area is 115 Å². The zero-order chi connectivity index (χ0) is 13.7. The van der Waals surface area contributed by atoms with Gasteiger partial charge in [-0.1, -0.05) is 11.6 Å². The molecule has 3 aromatic rings. The lowest BCUT2D eigenvalue weighted by atomic mass is 10.3. The van der Waals surface area contributed by atoms with E-state index in [-0.39, 0.29) is 0 Å². The molecule has 0 radical (unpaired) electrons. The highest BCUT2D eigenvalue weighted by atomic mass is 35.5. The highest BCUT2D eigenvalue weighted by Crippen LogP contribution is 2.24. The van der Waals surface area contributed by atoms with E-state index >= 15 is 0 Å². The van der Waals surface area contributed by atoms with Crippen LogP contribution in [0, 0.1) is 20.8 Å². The molecule has 0 saturated heterocycles. The first-order valence-corrected chi connectivity index (χ1v) is 6.25. The third kappa shape index (κ3) is 1.71. The lowest BCUT2D eigenvalue weighted by Gasteiger charge is -2.07. The molecule has 0 aliphatic rings. The van der Waals surface area contributed by atoms with Gasteiger partial charge in [0.15, 0.2) is 16.6 Å². The van der Waals surface area contributed by atoms with Gasteiger partial charge in [-0.15, -0.1) is 10.2 Å². The van der Waals surface area contributed by atoms with Crippen molar-refractivity contribution < 1.29 is 0 Å². The first-order chi connectivity index (χ1) is 8.99. The van der Waals surface area contributed by atoms with Gasteiger partial charge in [-0.25, -0.2) is 4.98 Å². The number of halogens is 1. The standard InChI is InChI=1S/C12H13ClN6/c1-6-5-9(18(4)17-6)11-15-16-12-10(13)14-7(2)8(3)19(11)12/h5H,1-4H3. The number of aryl methyl sites for hydroxylation is 4. The van der Waals surface area contributed by atoms with E-state index in [1.165, 1.54) is 0 Å². The molecule has 19 heavy (non-hydrogen) atoms. The van der Waals surface area contributed by atoms with Crippen LogP contribution < -0.4 is 0 Å². The zero-order valence-electron chi connectivity index (χ0n) is 11.1. The third-order valence-corrected chi connectivity index (χ3v) is 3.46. The summed E-state index contributed by atoms with van der Waals surface area (Å²) in [7, 11) is 1.88. The molecule has 3 heterocycles. The van der Waals surface area contributed by atoms with Gasteiger partial charge in [-0.3, -0.25) is 9.08 Å². The van der Waals surface area contributed by atoms with Gasteiger partial charge >= 0.3 is 0 Å². The molecule has 0 bridgehead atoms. The average molecular weight is 277 g/mol. The fraction of sp³-hybridized carbons (Fsp3) is 0.333. The van der Waals surface area contributed by atoms with Crippen molar-refractivity contribution in [3.8, 4) is 11.5 Å². The van der Waals surface area contributed by atoms with E-state index in [2.05, 4.69) is 20.3 Å². The monoisotopic (exact) mass is 276 g/mol. The number of fused-ring (bicyclic) bond motifs is 1. The topological polar surface area (TPSA) is 60.9 Å². The van der Waals surface area contributed by atoms with Crippen LogP contribution in [0.2, 0.25) is 5.15 Å². The number of aromatic nitrogens is 6. The maximum absolute atomic E-state index is 6.12. The normalized spacial score (nSPS) is 11.4. The minimum Gasteiger partial charge on any atom is -0.274 e. The summed E-state index contributed by atoms with van der Waals surface area (Å²) in [6, 6.07) is 1.97. The van der Waals surface area contributed by atoms with Gasteiger partial charge < -0.3 is 0 Å². The molecule has 7 heteroatoms. The molecule has 0 aliphatic carbocycles. The molecule has 3 rings (SSSR count). The van der Waals surface area contributed by atoms with E-state index in [4.69, 9.17) is 11.6 Å². The lowest BCUT2D eigenvalue weighted by molar-refractivity contribution is 0.756. The van der Waals surface area contributed by atoms with Crippen LogP contribution in [-0.4, -0.2) is 29.4 Å². The summed E-state index contributed by atoms with van der Waals surface area (Å²) in [5, 5.41) is 13.1. The van der Waals surface area contributed by atoms with E-state index in [1.54, 1.807) is 4.68 Å². The summed E-state index contributed by atoms with van der Waals surface area (Å²) < 4.78 is 3.70. The van der Waals surface area contributed by atoms with Crippen LogP contribution in [-0.2, 0) is 7.05 Å². The fourth-order valence-corrected chi connectivity index (χ4v) is 2.41. The first-order valence-electron chi connectivity index (χ1n) is 5.88. The van der Waals surface area contributed by atoms with E-state index in [1.807, 2.05) is 38.3 Å². The fourth-order valence-electron chi connectivity index (χ4n) is 2.16. The SMILES string of the molecule is Cc1cc(-c2nnc3c(Cl)nc(C)c(C)n23)n(C)n1. The molecule has 0 unspecified atom stereocenters. The van der Waals surface area contributed by atoms with Gasteiger partial charge in [0.1, 0.15) is 5.69 Å². The minimum atomic E-state index is 0.362. The second-order valence-corrected chi connectivity index (χ2v) is 4.91. The second-order valence-electron chi connectivity index (χ2n) is 4.55. The van der Waals surface area contributed by atoms with Crippen LogP contribution in [0.4, 0.5) is 0 Å². The zero-order valence-corrected chi connectivity index (χ0v) is 11.9. The number of hydrogen-bond acceptors (Lipinski definition) is 4. The average Bonchev–Trinajstić information content (AvgIpc) is 2.90. The predicted molar refractivity (Wildman–Crippen MR) is 72.2 cm³/mol. The van der Waals surface area contributed by atoms with Crippen molar-refractivity contribution in [3.63, 3.8) is 0 Å². The number of nitrogens with zero attached hydrogens (tertiary/aromatic N) is 6. The van der Waals surface area contributed by atoms with Crippen LogP contribution in [0.5, 0.6) is 0 Å². The van der Waals surface area contributed by atoms with E-state index in [0.717, 1.165) is 28.6 Å². The van der Waals surface area contributed by atoms with Crippen molar-refractivity contribution in [1.29, 1.82) is 0 Å². The van der Waals surface area contributed by atoms with Gasteiger partial charge in [-0.2, -0.15) is 5.10 Å². The van der Waals surface area contributed by atoms with Crippen molar-refractivity contribution in [2.45, 2.75) is 20.8 Å². The molecule has 0 atom stereocenters. The van der Waals surface area contributed by atoms with Crippen LogP contribution in [0.1, 0.15) is 17.1 Å². The number of rotatable bonds is 1. The maximum Gasteiger partial charge on any atom is 0.199 e. The van der Waals surface area contributed by atoms with Crippen LogP contribution in [0.3, 0.4) is 0 Å². The molecule has 3 aromatic heterocycles. The molecule has 0 fully saturated rings. The molecule has 0 spiro atoms. The summed E-state index contributed by atoms with van der Waals surface area (Å²) in [5.74, 6) is 0.725. The predicted octanol–water partition coefficient (Wildman–Crippen LogP) is 2.10. The van der Waals surface area contributed by atoms with Gasteiger partial charge in [0.05, 0.1) is 11.4 Å². The summed E-state index contributed by atoms with van der Waals surface area (Å²) in [4.78, 5) is 4.26. The molecule has 0 aliphatic heterocycles. The van der Waals surface area contributed by atoms with Gasteiger partial charge in [0.2, 0.25) is 0 Å².